The predicted molar refractivity (Wildman–Crippen MR) is 479 cm³/mol. The molecule has 4 N–H and O–H groups in total. The Morgan fingerprint density at radius 1 is 0.479 bits per heavy atom. The van der Waals surface area contributed by atoms with Crippen LogP contribution in [0.25, 0.3) is 132 Å². The van der Waals surface area contributed by atoms with Crippen LogP contribution in [0.4, 0.5) is 5.69 Å². The summed E-state index contributed by atoms with van der Waals surface area (Å²) in [6.45, 7) is 35.3. The maximum Gasteiger partial charge on any atom is 0.495 e. The number of hydrogen-bond acceptors (Lipinski definition) is 19. The van der Waals surface area contributed by atoms with Crippen LogP contribution in [0.15, 0.2) is 144 Å². The van der Waals surface area contributed by atoms with Gasteiger partial charge in [0.1, 0.15) is 56.8 Å². The van der Waals surface area contributed by atoms with Gasteiger partial charge in [0.15, 0.2) is 0 Å². The maximum absolute atomic E-state index is 12.3. The van der Waals surface area contributed by atoms with E-state index in [0.29, 0.717) is 33.4 Å². The summed E-state index contributed by atoms with van der Waals surface area (Å²) in [6.07, 6.45) is 3.65. The van der Waals surface area contributed by atoms with Crippen LogP contribution in [0, 0.1) is 107 Å². The zero-order chi connectivity index (χ0) is 82.1. The molecule has 0 atom stereocenters. The van der Waals surface area contributed by atoms with Crippen molar-refractivity contribution in [1.82, 2.24) is 70.3 Å². The van der Waals surface area contributed by atoms with Crippen LogP contribution in [-0.4, -0.2) is 93.5 Å². The molecule has 11 aromatic heterocycles. The van der Waals surface area contributed by atoms with Crippen molar-refractivity contribution in [3.63, 3.8) is 0 Å². The largest absolute Gasteiger partial charge is 0.495 e. The van der Waals surface area contributed by atoms with Gasteiger partial charge in [-0.05, 0) is 275 Å². The van der Waals surface area contributed by atoms with Crippen LogP contribution in [-0.2, 0) is 13.9 Å². The third-order valence-corrected chi connectivity index (χ3v) is 21.5. The van der Waals surface area contributed by atoms with Crippen molar-refractivity contribution in [2.75, 3.05) is 0 Å². The first kappa shape index (κ1) is 88.8. The van der Waals surface area contributed by atoms with Crippen LogP contribution in [0.2, 0.25) is 5.15 Å². The predicted octanol–water partition coefficient (Wildman–Crippen LogP) is 24.4. The number of aryl methyl sites for hydroxylation is 14. The van der Waals surface area contributed by atoms with E-state index >= 15 is 0 Å². The fraction of sp³-hybridized carbons (Fsp3) is 0.267. The van der Waals surface area contributed by atoms with E-state index in [9.17, 15) is 19.5 Å². The van der Waals surface area contributed by atoms with E-state index in [0.717, 1.165) is 194 Å². The Morgan fingerprint density at radius 3 is 1.35 bits per heavy atom. The molecule has 1 saturated heterocycles. The van der Waals surface area contributed by atoms with Crippen molar-refractivity contribution in [2.45, 2.75) is 158 Å². The van der Waals surface area contributed by atoms with E-state index in [4.69, 9.17) is 44.4 Å². The highest BCUT2D eigenvalue weighted by Gasteiger charge is 2.52. The van der Waals surface area contributed by atoms with Gasteiger partial charge in [-0.25, -0.2) is 24.9 Å². The zero-order valence-electron chi connectivity index (χ0n) is 65.6. The molecule has 18 rings (SSSR count). The number of nitro benzene ring substituents is 1. The molecule has 0 bridgehead atoms. The molecule has 1 aliphatic rings. The van der Waals surface area contributed by atoms with Crippen molar-refractivity contribution in [3.05, 3.63) is 231 Å². The number of para-hydroxylation sites is 2. The van der Waals surface area contributed by atoms with Crippen LogP contribution in [0.5, 0.6) is 0 Å². The summed E-state index contributed by atoms with van der Waals surface area (Å²) in [6, 6.07) is 36.2. The van der Waals surface area contributed by atoms with Crippen LogP contribution in [0.1, 0.15) is 130 Å². The van der Waals surface area contributed by atoms with Gasteiger partial charge in [-0.15, -0.1) is 0 Å². The highest BCUT2D eigenvalue weighted by molar-refractivity contribution is 9.10. The molecule has 12 heterocycles. The molecule has 0 saturated carbocycles. The number of halogens is 5. The highest BCUT2D eigenvalue weighted by Crippen LogP contribution is 2.61. The lowest BCUT2D eigenvalue weighted by Gasteiger charge is -2.32. The Kier molecular flexibility index (Phi) is 26.5. The molecule has 17 aromatic rings. The molecule has 6 aromatic carbocycles. The first-order valence-corrected chi connectivity index (χ1v) is 41.7. The van der Waals surface area contributed by atoms with E-state index in [1.54, 1.807) is 19.9 Å². The lowest BCUT2D eigenvalue weighted by atomic mass is 9.77. The maximum atomic E-state index is 12.3. The van der Waals surface area contributed by atoms with Crippen molar-refractivity contribution in [1.29, 1.82) is 0 Å². The van der Waals surface area contributed by atoms with E-state index in [1.165, 1.54) is 6.07 Å². The second-order valence-electron chi connectivity index (χ2n) is 29.0. The van der Waals surface area contributed by atoms with Gasteiger partial charge in [0.25, 0.3) is 11.2 Å². The Balaban J connectivity index is 0.000000155. The van der Waals surface area contributed by atoms with E-state index in [1.807, 2.05) is 142 Å². The number of fused-ring (bicyclic) bond motifs is 11. The lowest BCUT2D eigenvalue weighted by molar-refractivity contribution is -0.385. The van der Waals surface area contributed by atoms with Crippen molar-refractivity contribution >= 4 is 172 Å². The number of nitro groups is 1. The SMILES string of the molecule is C.C.C.CC1(C)OB(c2ccnc3ccccc23)OC1(C)C.Cc1cc(C)c([N+](=O)[O-])cc1Br.Cc1nc(-c2ccnc3ccccc23)c2c(n1)[nH]c1cc(-c3c(C)noc3C)c(C)cc12.Cc1nc(Cl)c2c(n1)[nH]c1cc(-c3c(C)noc3C)c(C)cc12.Cc1nc2[nH]c3cc(-c4c(C)noc4C)c(C)cc3c2c(=O)[nH]1.O=P(Cl)(Cl)Cl. The quantitative estimate of drug-likeness (QED) is 0.0395. The highest BCUT2D eigenvalue weighted by atomic mass is 79.9. The molecule has 1 fully saturated rings. The summed E-state index contributed by atoms with van der Waals surface area (Å²) in [5.41, 5.74) is 23.4. The molecule has 0 unspecified atom stereocenters. The van der Waals surface area contributed by atoms with Gasteiger partial charge in [0, 0.05) is 88.8 Å². The summed E-state index contributed by atoms with van der Waals surface area (Å²) in [5, 5.41) is 27.6. The topological polar surface area (TPSA) is 327 Å². The van der Waals surface area contributed by atoms with Gasteiger partial charge in [-0.1, -0.05) is 102 Å². The van der Waals surface area contributed by atoms with Crippen molar-refractivity contribution in [3.8, 4) is 44.6 Å². The molecule has 606 valence electrons. The molecule has 1 aliphatic heterocycles. The van der Waals surface area contributed by atoms with Gasteiger partial charge in [0.05, 0.1) is 66.1 Å². The van der Waals surface area contributed by atoms with Crippen LogP contribution >= 0.6 is 66.5 Å². The number of aromatic amines is 4. The Bertz CT molecular complexity index is 6710. The standard InChI is InChI=1S/C26H21N5O.C17H15ClN4O.C17H16N4O2.C15H18BNO2.C8H8BrNO2.3CH4.Cl3OP/c1-13-11-20-22(12-19(13)23-14(2)31-32-15(23)3)30-26-24(20)25(28-16(4)29-26)18-9-10-27-21-8-6-5-7-17(18)21;1-7-5-12-13(6-11(7)14-8(2)22-23-9(14)3)21-17-15(12)16(18)19-10(4)20-17;1-7-5-12-13(6-11(7)14-8(2)21-23-9(14)3)20-16-15(12)17(22)19-10(4)18-16;1-14(2)15(3,4)19-16(18-14)12-9-10-17-13-8-6-5-7-11(12)13;1-5-3-6(2)8(10(11)12)4-7(5)9;;;;1-5(2,3)4/h5-12H,1-4H3,(H,28,29,30);5-6H,1-4H3,(H,19,20,21);5-6H,1-4H3,(H2,18,19,20,22);5-10H,1-4H3;3-4H,1-2H3;3*1H4;. The molecule has 31 heteroatoms. The summed E-state index contributed by atoms with van der Waals surface area (Å²) >= 11 is 23.4. The molecule has 0 radical (unpaired) electrons. The summed E-state index contributed by atoms with van der Waals surface area (Å²) in [5.74, 6) is 4.39. The van der Waals surface area contributed by atoms with Crippen molar-refractivity contribution in [2.24, 2.45) is 0 Å². The summed E-state index contributed by atoms with van der Waals surface area (Å²) in [4.78, 5) is 66.9. The summed E-state index contributed by atoms with van der Waals surface area (Å²) < 4.78 is 38.5. The average molecular weight is 1740 g/mol. The number of benzene rings is 6. The average Bonchev–Trinajstić information content (AvgIpc) is 1.61. The van der Waals surface area contributed by atoms with Gasteiger partial charge >= 0.3 is 12.3 Å². The van der Waals surface area contributed by atoms with Crippen molar-refractivity contribution < 1.29 is 32.4 Å². The van der Waals surface area contributed by atoms with E-state index in [2.05, 4.69) is 188 Å². The third-order valence-electron chi connectivity index (χ3n) is 20.4. The van der Waals surface area contributed by atoms with Gasteiger partial charge in [-0.3, -0.25) is 29.4 Å². The Labute approximate surface area is 704 Å². The minimum atomic E-state index is -3.22. The number of aromatic nitrogens is 14. The molecule has 117 heavy (non-hydrogen) atoms. The number of H-pyrrole nitrogens is 4. The van der Waals surface area contributed by atoms with Crippen LogP contribution in [0.3, 0.4) is 0 Å². The first-order valence-electron chi connectivity index (χ1n) is 36.1. The van der Waals surface area contributed by atoms with Crippen LogP contribution < -0.4 is 11.0 Å². The fourth-order valence-corrected chi connectivity index (χ4v) is 15.0. The minimum Gasteiger partial charge on any atom is -0.399 e. The smallest absolute Gasteiger partial charge is 0.399 e. The van der Waals surface area contributed by atoms with E-state index in [-0.39, 0.29) is 56.8 Å². The zero-order valence-corrected chi connectivity index (χ0v) is 71.1. The molecule has 0 aliphatic carbocycles. The number of nitrogens with zero attached hydrogens (tertiary/aromatic N) is 11. The third kappa shape index (κ3) is 18.1. The Hall–Kier alpha value is -10.5. The Morgan fingerprint density at radius 2 is 0.889 bits per heavy atom. The first-order chi connectivity index (χ1) is 53.8. The monoisotopic (exact) mass is 1740 g/mol. The number of nitrogens with one attached hydrogen (secondary N) is 4. The van der Waals surface area contributed by atoms with Gasteiger partial charge in [-0.2, -0.15) is 0 Å². The molecule has 0 spiro atoms. The molecular formula is C86H90BBrCl4N15O9P. The molecular weight excluding hydrogens is 1650 g/mol. The van der Waals surface area contributed by atoms with Gasteiger partial charge < -0.3 is 42.8 Å². The number of pyridine rings is 2. The van der Waals surface area contributed by atoms with Gasteiger partial charge in [0.2, 0.25) is 0 Å². The number of rotatable bonds is 6. The minimum absolute atomic E-state index is 0. The second kappa shape index (κ2) is 35.0. The number of hydrogen-bond donors (Lipinski definition) is 4. The summed E-state index contributed by atoms with van der Waals surface area (Å²) in [7, 11) is -0.335. The lowest BCUT2D eigenvalue weighted by Crippen LogP contribution is -2.41. The normalized spacial score (nSPS) is 12.7. The molecule has 0 amide bonds. The van der Waals surface area contributed by atoms with E-state index < -0.39 is 5.20 Å². The fourth-order valence-electron chi connectivity index (χ4n) is 14.4. The second-order valence-corrected chi connectivity index (χ2v) is 36.9. The molecule has 24 nitrogen and oxygen atoms in total.